The highest BCUT2D eigenvalue weighted by atomic mass is 35.5. The summed E-state index contributed by atoms with van der Waals surface area (Å²) in [4.78, 5) is 17.8. The van der Waals surface area contributed by atoms with Gasteiger partial charge >= 0.3 is 0 Å². The average molecular weight is 465 g/mol. The van der Waals surface area contributed by atoms with Crippen LogP contribution in [-0.2, 0) is 6.42 Å². The van der Waals surface area contributed by atoms with Crippen LogP contribution in [0.25, 0.3) is 16.7 Å². The Bertz CT molecular complexity index is 1330. The smallest absolute Gasteiger partial charge is 0.252 e. The van der Waals surface area contributed by atoms with Crippen LogP contribution in [0.4, 0.5) is 0 Å². The van der Waals surface area contributed by atoms with Gasteiger partial charge in [-0.3, -0.25) is 4.79 Å². The molecule has 0 spiro atoms. The zero-order valence-corrected chi connectivity index (χ0v) is 19.7. The number of nitrogens with zero attached hydrogens (tertiary/aromatic N) is 3. The van der Waals surface area contributed by atoms with Crippen LogP contribution in [-0.4, -0.2) is 41.4 Å². The van der Waals surface area contributed by atoms with E-state index in [0.717, 1.165) is 16.9 Å². The number of hydrogen-bond donors (Lipinski definition) is 1. The average Bonchev–Trinajstić information content (AvgIpc) is 3.14. The van der Waals surface area contributed by atoms with Crippen molar-refractivity contribution >= 4 is 28.5 Å². The summed E-state index contributed by atoms with van der Waals surface area (Å²) in [7, 11) is 3.20. The lowest BCUT2D eigenvalue weighted by Gasteiger charge is -2.11. The van der Waals surface area contributed by atoms with E-state index in [4.69, 9.17) is 21.1 Å². The Kier molecular flexibility index (Phi) is 6.51. The normalized spacial score (nSPS) is 10.9. The number of aromatic nitrogens is 3. The molecular weight excluding hydrogens is 440 g/mol. The molecule has 2 heterocycles. The molecule has 0 atom stereocenters. The van der Waals surface area contributed by atoms with Crippen LogP contribution < -0.4 is 14.8 Å². The van der Waals surface area contributed by atoms with Gasteiger partial charge in [-0.1, -0.05) is 29.8 Å². The molecule has 0 aliphatic carbocycles. The third kappa shape index (κ3) is 4.50. The van der Waals surface area contributed by atoms with Crippen LogP contribution in [0.5, 0.6) is 11.5 Å². The first-order valence-electron chi connectivity index (χ1n) is 10.5. The number of methoxy groups -OCH3 is 2. The van der Waals surface area contributed by atoms with Crippen LogP contribution in [0.2, 0.25) is 5.02 Å². The van der Waals surface area contributed by atoms with E-state index in [1.807, 2.05) is 50.2 Å². The van der Waals surface area contributed by atoms with Gasteiger partial charge in [0, 0.05) is 12.2 Å². The highest BCUT2D eigenvalue weighted by molar-refractivity contribution is 6.32. The van der Waals surface area contributed by atoms with Gasteiger partial charge in [0.25, 0.3) is 5.91 Å². The van der Waals surface area contributed by atoms with Crippen LogP contribution in [0.15, 0.2) is 48.5 Å². The minimum atomic E-state index is -0.173. The molecule has 7 nitrogen and oxygen atoms in total. The molecular formula is C25H25ClN4O3. The maximum atomic E-state index is 13.1. The number of ether oxygens (including phenoxy) is 2. The number of pyridine rings is 1. The Morgan fingerprint density at radius 2 is 1.82 bits per heavy atom. The Balaban J connectivity index is 1.59. The molecule has 0 saturated heterocycles. The fourth-order valence-electron chi connectivity index (χ4n) is 3.84. The van der Waals surface area contributed by atoms with Gasteiger partial charge in [-0.2, -0.15) is 5.10 Å². The summed E-state index contributed by atoms with van der Waals surface area (Å²) in [6.45, 7) is 4.20. The van der Waals surface area contributed by atoms with Crippen molar-refractivity contribution in [1.82, 2.24) is 20.1 Å². The minimum Gasteiger partial charge on any atom is -0.493 e. The SMILES string of the molecule is COc1ccc(CCNC(=O)c2cc(C)nc3c2c(C)nn3-c2ccccc2Cl)cc1OC. The highest BCUT2D eigenvalue weighted by Crippen LogP contribution is 2.29. The molecule has 0 aliphatic rings. The van der Waals surface area contributed by atoms with E-state index < -0.39 is 0 Å². The Morgan fingerprint density at radius 3 is 2.55 bits per heavy atom. The molecule has 1 N–H and O–H groups in total. The summed E-state index contributed by atoms with van der Waals surface area (Å²) in [6.07, 6.45) is 0.650. The summed E-state index contributed by atoms with van der Waals surface area (Å²) in [5.41, 5.74) is 4.33. The third-order valence-electron chi connectivity index (χ3n) is 5.41. The molecule has 33 heavy (non-hydrogen) atoms. The van der Waals surface area contributed by atoms with Crippen LogP contribution in [0.3, 0.4) is 0 Å². The number of benzene rings is 2. The minimum absolute atomic E-state index is 0.173. The van der Waals surface area contributed by atoms with E-state index in [1.54, 1.807) is 31.0 Å². The first-order chi connectivity index (χ1) is 15.9. The second kappa shape index (κ2) is 9.50. The lowest BCUT2D eigenvalue weighted by atomic mass is 10.1. The summed E-state index contributed by atoms with van der Waals surface area (Å²) < 4.78 is 12.3. The van der Waals surface area contributed by atoms with Crippen LogP contribution in [0, 0.1) is 13.8 Å². The van der Waals surface area contributed by atoms with Gasteiger partial charge in [0.05, 0.1) is 41.6 Å². The fourth-order valence-corrected chi connectivity index (χ4v) is 4.05. The molecule has 170 valence electrons. The Labute approximate surface area is 197 Å². The Hall–Kier alpha value is -3.58. The van der Waals surface area contributed by atoms with Crippen molar-refractivity contribution in [2.45, 2.75) is 20.3 Å². The van der Waals surface area contributed by atoms with Gasteiger partial charge in [0.15, 0.2) is 17.1 Å². The molecule has 4 aromatic rings. The standard InChI is InChI=1S/C25H25ClN4O3/c1-15-13-18(25(31)27-12-11-17-9-10-21(32-3)22(14-17)33-4)23-16(2)29-30(24(23)28-15)20-8-6-5-7-19(20)26/h5-10,13-14H,11-12H2,1-4H3,(H,27,31). The number of fused-ring (bicyclic) bond motifs is 1. The number of para-hydroxylation sites is 1. The zero-order valence-electron chi connectivity index (χ0n) is 19.0. The van der Waals surface area contributed by atoms with Crippen molar-refractivity contribution in [3.8, 4) is 17.2 Å². The predicted octanol–water partition coefficient (Wildman–Crippen LogP) is 4.68. The maximum absolute atomic E-state index is 13.1. The van der Waals surface area contributed by atoms with E-state index in [-0.39, 0.29) is 5.91 Å². The lowest BCUT2D eigenvalue weighted by Crippen LogP contribution is -2.26. The highest BCUT2D eigenvalue weighted by Gasteiger charge is 2.20. The maximum Gasteiger partial charge on any atom is 0.252 e. The van der Waals surface area contributed by atoms with Gasteiger partial charge in [0.1, 0.15) is 0 Å². The molecule has 2 aromatic carbocycles. The summed E-state index contributed by atoms with van der Waals surface area (Å²) in [6, 6.07) is 15.0. The van der Waals surface area contributed by atoms with Crippen molar-refractivity contribution in [1.29, 1.82) is 0 Å². The number of amides is 1. The van der Waals surface area contributed by atoms with Gasteiger partial charge < -0.3 is 14.8 Å². The number of carbonyl (C=O) groups is 1. The Morgan fingerprint density at radius 1 is 1.06 bits per heavy atom. The molecule has 2 aromatic heterocycles. The van der Waals surface area contributed by atoms with E-state index in [1.165, 1.54) is 0 Å². The number of carbonyl (C=O) groups excluding carboxylic acids is 1. The molecule has 0 bridgehead atoms. The quantitative estimate of drug-likeness (QED) is 0.429. The molecule has 0 fully saturated rings. The summed E-state index contributed by atoms with van der Waals surface area (Å²) >= 11 is 6.39. The molecule has 1 amide bonds. The fraction of sp³-hybridized carbons (Fsp3) is 0.240. The van der Waals surface area contributed by atoms with E-state index in [2.05, 4.69) is 15.4 Å². The summed E-state index contributed by atoms with van der Waals surface area (Å²) in [5.74, 6) is 1.16. The van der Waals surface area contributed by atoms with Crippen LogP contribution in [0.1, 0.15) is 27.3 Å². The van der Waals surface area contributed by atoms with E-state index in [9.17, 15) is 4.79 Å². The second-order valence-electron chi connectivity index (χ2n) is 7.65. The molecule has 0 radical (unpaired) electrons. The third-order valence-corrected chi connectivity index (χ3v) is 5.73. The zero-order chi connectivity index (χ0) is 23.5. The topological polar surface area (TPSA) is 78.3 Å². The number of nitrogens with one attached hydrogen (secondary N) is 1. The van der Waals surface area contributed by atoms with Gasteiger partial charge in [-0.15, -0.1) is 0 Å². The number of halogens is 1. The summed E-state index contributed by atoms with van der Waals surface area (Å²) in [5, 5.41) is 8.92. The molecule has 0 aliphatic heterocycles. The van der Waals surface area contributed by atoms with Gasteiger partial charge in [0.2, 0.25) is 0 Å². The van der Waals surface area contributed by atoms with E-state index in [0.29, 0.717) is 51.8 Å². The molecule has 8 heteroatoms. The predicted molar refractivity (Wildman–Crippen MR) is 129 cm³/mol. The van der Waals surface area contributed by atoms with Gasteiger partial charge in [-0.25, -0.2) is 9.67 Å². The van der Waals surface area contributed by atoms with Crippen molar-refractivity contribution in [2.75, 3.05) is 20.8 Å². The largest absolute Gasteiger partial charge is 0.493 e. The van der Waals surface area contributed by atoms with E-state index >= 15 is 0 Å². The molecule has 0 saturated carbocycles. The molecule has 4 rings (SSSR count). The van der Waals surface area contributed by atoms with Crippen molar-refractivity contribution in [2.24, 2.45) is 0 Å². The van der Waals surface area contributed by atoms with Crippen molar-refractivity contribution in [3.63, 3.8) is 0 Å². The van der Waals surface area contributed by atoms with Crippen molar-refractivity contribution < 1.29 is 14.3 Å². The molecule has 0 unspecified atom stereocenters. The lowest BCUT2D eigenvalue weighted by molar-refractivity contribution is 0.0955. The monoisotopic (exact) mass is 464 g/mol. The van der Waals surface area contributed by atoms with Crippen molar-refractivity contribution in [3.05, 3.63) is 76.1 Å². The number of aryl methyl sites for hydroxylation is 2. The first-order valence-corrected chi connectivity index (χ1v) is 10.9. The number of hydrogen-bond acceptors (Lipinski definition) is 5. The van der Waals surface area contributed by atoms with Crippen LogP contribution >= 0.6 is 11.6 Å². The second-order valence-corrected chi connectivity index (χ2v) is 8.06. The first kappa shape index (κ1) is 22.6. The number of rotatable bonds is 7. The van der Waals surface area contributed by atoms with Gasteiger partial charge in [-0.05, 0) is 56.2 Å².